The minimum Gasteiger partial charge on any atom is -0.495 e. The van der Waals surface area contributed by atoms with Crippen LogP contribution in [-0.2, 0) is 27.8 Å². The summed E-state index contributed by atoms with van der Waals surface area (Å²) in [4.78, 5) is 22.5. The zero-order chi connectivity index (χ0) is 25.6. The SMILES string of the molecule is COc1cc(CCC(=O)NCc2ccc(I)cc2)ccc1S(=O)(=O)Nc1ccc([N+](=O)[O-])cc1C. The Kier molecular flexibility index (Phi) is 8.67. The number of non-ortho nitro benzene ring substituents is 1. The van der Waals surface area contributed by atoms with Crippen LogP contribution in [0, 0.1) is 20.6 Å². The molecular weight excluding hydrogens is 585 g/mol. The molecule has 0 fully saturated rings. The second-order valence-electron chi connectivity index (χ2n) is 7.75. The molecule has 1 amide bonds. The number of hydrogen-bond donors (Lipinski definition) is 2. The molecule has 0 heterocycles. The number of carbonyl (C=O) groups excluding carboxylic acids is 1. The van der Waals surface area contributed by atoms with E-state index in [0.29, 0.717) is 18.5 Å². The number of methoxy groups -OCH3 is 1. The molecule has 0 aliphatic heterocycles. The molecule has 0 atom stereocenters. The molecule has 0 aliphatic rings. The maximum Gasteiger partial charge on any atom is 0.269 e. The van der Waals surface area contributed by atoms with Crippen LogP contribution in [0.4, 0.5) is 11.4 Å². The molecule has 0 spiro atoms. The lowest BCUT2D eigenvalue weighted by molar-refractivity contribution is -0.384. The second kappa shape index (κ2) is 11.5. The summed E-state index contributed by atoms with van der Waals surface area (Å²) in [6.45, 7) is 2.01. The monoisotopic (exact) mass is 609 g/mol. The first-order valence-corrected chi connectivity index (χ1v) is 13.1. The summed E-state index contributed by atoms with van der Waals surface area (Å²) in [6.07, 6.45) is 0.643. The van der Waals surface area contributed by atoms with Crippen molar-refractivity contribution in [3.8, 4) is 5.75 Å². The number of nitrogens with zero attached hydrogens (tertiary/aromatic N) is 1. The van der Waals surface area contributed by atoms with Gasteiger partial charge in [0, 0.05) is 28.7 Å². The maximum absolute atomic E-state index is 13.0. The first kappa shape index (κ1) is 26.4. The largest absolute Gasteiger partial charge is 0.495 e. The van der Waals surface area contributed by atoms with Gasteiger partial charge in [0.05, 0.1) is 17.7 Å². The second-order valence-corrected chi connectivity index (χ2v) is 10.6. The molecule has 3 aromatic carbocycles. The van der Waals surface area contributed by atoms with Crippen LogP contribution in [-0.4, -0.2) is 26.4 Å². The number of anilines is 1. The summed E-state index contributed by atoms with van der Waals surface area (Å²) in [7, 11) is -2.66. The average Bonchev–Trinajstić information content (AvgIpc) is 2.83. The molecule has 3 rings (SSSR count). The van der Waals surface area contributed by atoms with Crippen LogP contribution in [0.5, 0.6) is 5.75 Å². The fourth-order valence-electron chi connectivity index (χ4n) is 3.31. The highest BCUT2D eigenvalue weighted by Gasteiger charge is 2.21. The number of ether oxygens (including phenoxy) is 1. The first-order valence-electron chi connectivity index (χ1n) is 10.5. The Morgan fingerprint density at radius 2 is 1.74 bits per heavy atom. The Labute approximate surface area is 217 Å². The minimum absolute atomic E-state index is 0.0790. The Hall–Kier alpha value is -3.19. The van der Waals surface area contributed by atoms with Crippen molar-refractivity contribution < 1.29 is 22.9 Å². The smallest absolute Gasteiger partial charge is 0.269 e. The van der Waals surface area contributed by atoms with Gasteiger partial charge >= 0.3 is 0 Å². The highest BCUT2D eigenvalue weighted by Crippen LogP contribution is 2.29. The summed E-state index contributed by atoms with van der Waals surface area (Å²) >= 11 is 2.22. The number of carbonyl (C=O) groups is 1. The summed E-state index contributed by atoms with van der Waals surface area (Å²) < 4.78 is 34.8. The fourth-order valence-corrected chi connectivity index (χ4v) is 4.96. The van der Waals surface area contributed by atoms with Gasteiger partial charge in [0.2, 0.25) is 5.91 Å². The number of nitrogens with one attached hydrogen (secondary N) is 2. The van der Waals surface area contributed by atoms with Gasteiger partial charge in [-0.25, -0.2) is 8.42 Å². The van der Waals surface area contributed by atoms with E-state index in [2.05, 4.69) is 32.6 Å². The average molecular weight is 609 g/mol. The van der Waals surface area contributed by atoms with Crippen LogP contribution < -0.4 is 14.8 Å². The van der Waals surface area contributed by atoms with Crippen molar-refractivity contribution in [2.45, 2.75) is 31.2 Å². The van der Waals surface area contributed by atoms with E-state index in [1.54, 1.807) is 19.1 Å². The Balaban J connectivity index is 1.66. The Morgan fingerprint density at radius 3 is 2.37 bits per heavy atom. The van der Waals surface area contributed by atoms with Gasteiger partial charge in [0.1, 0.15) is 10.6 Å². The van der Waals surface area contributed by atoms with E-state index in [1.807, 2.05) is 24.3 Å². The molecule has 11 heteroatoms. The van der Waals surface area contributed by atoms with E-state index in [4.69, 9.17) is 4.74 Å². The fraction of sp³-hybridized carbons (Fsp3) is 0.208. The molecule has 0 bridgehead atoms. The lowest BCUT2D eigenvalue weighted by Crippen LogP contribution is -2.23. The van der Waals surface area contributed by atoms with Crippen LogP contribution in [0.3, 0.4) is 0 Å². The molecular formula is C24H24IN3O6S. The van der Waals surface area contributed by atoms with Crippen molar-refractivity contribution in [2.24, 2.45) is 0 Å². The molecule has 2 N–H and O–H groups in total. The molecule has 184 valence electrons. The lowest BCUT2D eigenvalue weighted by Gasteiger charge is -2.14. The van der Waals surface area contributed by atoms with Crippen molar-refractivity contribution in [3.05, 3.63) is 91.0 Å². The normalized spacial score (nSPS) is 11.1. The minimum atomic E-state index is -4.03. The van der Waals surface area contributed by atoms with Crippen molar-refractivity contribution in [1.29, 1.82) is 0 Å². The van der Waals surface area contributed by atoms with Crippen LogP contribution in [0.25, 0.3) is 0 Å². The van der Waals surface area contributed by atoms with Gasteiger partial charge in [-0.3, -0.25) is 19.6 Å². The number of benzene rings is 3. The maximum atomic E-state index is 13.0. The molecule has 0 saturated heterocycles. The highest BCUT2D eigenvalue weighted by atomic mass is 127. The number of aryl methyl sites for hydroxylation is 2. The van der Waals surface area contributed by atoms with E-state index in [0.717, 1.165) is 14.7 Å². The first-order chi connectivity index (χ1) is 16.6. The van der Waals surface area contributed by atoms with E-state index in [-0.39, 0.29) is 34.3 Å². The standard InChI is InChI=1S/C24H24IN3O6S/c1-16-13-20(28(30)31)9-10-21(16)27-35(32,33)23-11-5-17(14-22(23)34-2)6-12-24(29)26-15-18-3-7-19(25)8-4-18/h3-5,7-11,13-14,27H,6,12,15H2,1-2H3,(H,26,29). The lowest BCUT2D eigenvalue weighted by atomic mass is 10.1. The van der Waals surface area contributed by atoms with Crippen molar-refractivity contribution in [2.75, 3.05) is 11.8 Å². The molecule has 0 saturated carbocycles. The van der Waals surface area contributed by atoms with Gasteiger partial charge < -0.3 is 10.1 Å². The Bertz CT molecular complexity index is 1340. The number of hydrogen-bond acceptors (Lipinski definition) is 6. The number of nitro benzene ring substituents is 1. The van der Waals surface area contributed by atoms with E-state index >= 15 is 0 Å². The highest BCUT2D eigenvalue weighted by molar-refractivity contribution is 14.1. The summed E-state index contributed by atoms with van der Waals surface area (Å²) in [5.41, 5.74) is 2.26. The van der Waals surface area contributed by atoms with E-state index in [1.165, 1.54) is 31.4 Å². The summed E-state index contributed by atoms with van der Waals surface area (Å²) in [6, 6.07) is 16.4. The number of rotatable bonds is 10. The van der Waals surface area contributed by atoms with Crippen molar-refractivity contribution in [3.63, 3.8) is 0 Å². The molecule has 0 radical (unpaired) electrons. The van der Waals surface area contributed by atoms with E-state index in [9.17, 15) is 23.3 Å². The van der Waals surface area contributed by atoms with Crippen LogP contribution >= 0.6 is 22.6 Å². The number of sulfonamides is 1. The molecule has 0 aliphatic carbocycles. The zero-order valence-corrected chi connectivity index (χ0v) is 22.1. The molecule has 9 nitrogen and oxygen atoms in total. The molecule has 0 aromatic heterocycles. The molecule has 0 unspecified atom stereocenters. The van der Waals surface area contributed by atoms with Gasteiger partial charge in [0.15, 0.2) is 0 Å². The van der Waals surface area contributed by atoms with Gasteiger partial charge in [-0.1, -0.05) is 18.2 Å². The van der Waals surface area contributed by atoms with Gasteiger partial charge in [0.25, 0.3) is 15.7 Å². The third kappa shape index (κ3) is 7.15. The van der Waals surface area contributed by atoms with Crippen molar-refractivity contribution >= 4 is 49.9 Å². The quantitative estimate of drug-likeness (QED) is 0.197. The van der Waals surface area contributed by atoms with Crippen molar-refractivity contribution in [1.82, 2.24) is 5.32 Å². The number of halogens is 1. The van der Waals surface area contributed by atoms with Gasteiger partial charge in [-0.2, -0.15) is 0 Å². The number of amides is 1. The zero-order valence-electron chi connectivity index (χ0n) is 19.1. The number of nitro groups is 1. The van der Waals surface area contributed by atoms with Crippen LogP contribution in [0.1, 0.15) is 23.1 Å². The van der Waals surface area contributed by atoms with Gasteiger partial charge in [-0.15, -0.1) is 0 Å². The van der Waals surface area contributed by atoms with Gasteiger partial charge in [-0.05, 0) is 83.0 Å². The summed E-state index contributed by atoms with van der Waals surface area (Å²) in [5, 5.41) is 13.8. The van der Waals surface area contributed by atoms with Crippen LogP contribution in [0.15, 0.2) is 65.6 Å². The Morgan fingerprint density at radius 1 is 1.06 bits per heavy atom. The van der Waals surface area contributed by atoms with Crippen LogP contribution in [0.2, 0.25) is 0 Å². The predicted molar refractivity (Wildman–Crippen MR) is 141 cm³/mol. The predicted octanol–water partition coefficient (Wildman–Crippen LogP) is 4.57. The molecule has 3 aromatic rings. The topological polar surface area (TPSA) is 128 Å². The third-order valence-electron chi connectivity index (χ3n) is 5.23. The third-order valence-corrected chi connectivity index (χ3v) is 7.35. The van der Waals surface area contributed by atoms with E-state index < -0.39 is 14.9 Å². The molecule has 35 heavy (non-hydrogen) atoms. The summed E-state index contributed by atoms with van der Waals surface area (Å²) in [5.74, 6) is 0.0170.